The van der Waals surface area contributed by atoms with E-state index in [9.17, 15) is 27.7 Å². The summed E-state index contributed by atoms with van der Waals surface area (Å²) < 4.78 is 34.3. The minimum absolute atomic E-state index is 0. The third-order valence-corrected chi connectivity index (χ3v) is 5.29. The van der Waals surface area contributed by atoms with Gasteiger partial charge in [0.25, 0.3) is 0 Å². The average Bonchev–Trinajstić information content (AvgIpc) is 2.66. The number of para-hydroxylation sites is 1. The minimum Gasteiger partial charge on any atom is -0.744 e. The van der Waals surface area contributed by atoms with E-state index >= 15 is 0 Å². The molecule has 1 atom stereocenters. The number of ketones is 1. The van der Waals surface area contributed by atoms with Crippen LogP contribution < -0.4 is 34.9 Å². The standard InChI is InChI=1S/C20H17NO7S.Na/c22-17-6-2-1-5-15(17)16(11-18(23)20(24)25)21-13-8-9-14-12(10-13)4-3-7-19(14)29(26,27)28;/h1-10,16,21-22H,11H2,(H,24,25)(H,26,27,28);/q;+1/p-1. The smallest absolute Gasteiger partial charge is 0.744 e. The molecule has 3 rings (SSSR count). The van der Waals surface area contributed by atoms with Gasteiger partial charge in [0.1, 0.15) is 15.9 Å². The van der Waals surface area contributed by atoms with Crippen LogP contribution in [0.1, 0.15) is 18.0 Å². The molecule has 0 aliphatic carbocycles. The van der Waals surface area contributed by atoms with Crippen molar-refractivity contribution < 1.29 is 62.3 Å². The molecule has 0 amide bonds. The van der Waals surface area contributed by atoms with E-state index in [1.54, 1.807) is 30.3 Å². The largest absolute Gasteiger partial charge is 1.00 e. The van der Waals surface area contributed by atoms with E-state index in [1.165, 1.54) is 30.3 Å². The van der Waals surface area contributed by atoms with Crippen molar-refractivity contribution in [1.29, 1.82) is 0 Å². The average molecular weight is 437 g/mol. The zero-order chi connectivity index (χ0) is 21.2. The fourth-order valence-corrected chi connectivity index (χ4v) is 3.76. The summed E-state index contributed by atoms with van der Waals surface area (Å²) in [6.45, 7) is 0. The van der Waals surface area contributed by atoms with Gasteiger partial charge in [-0.1, -0.05) is 36.4 Å². The van der Waals surface area contributed by atoms with Crippen molar-refractivity contribution in [2.24, 2.45) is 0 Å². The van der Waals surface area contributed by atoms with Gasteiger partial charge in [0.2, 0.25) is 5.78 Å². The van der Waals surface area contributed by atoms with Crippen LogP contribution in [0.4, 0.5) is 5.69 Å². The molecule has 0 saturated carbocycles. The molecule has 1 unspecified atom stereocenters. The molecule has 0 aliphatic rings. The molecule has 3 N–H and O–H groups in total. The Kier molecular flexibility index (Phi) is 7.62. The summed E-state index contributed by atoms with van der Waals surface area (Å²) in [5, 5.41) is 22.8. The van der Waals surface area contributed by atoms with Crippen molar-refractivity contribution in [3.05, 3.63) is 66.2 Å². The van der Waals surface area contributed by atoms with Crippen molar-refractivity contribution in [1.82, 2.24) is 0 Å². The molecule has 0 heterocycles. The Morgan fingerprint density at radius 3 is 2.37 bits per heavy atom. The number of nitrogens with one attached hydrogen (secondary N) is 1. The first-order valence-corrected chi connectivity index (χ1v) is 9.87. The first-order chi connectivity index (χ1) is 13.7. The van der Waals surface area contributed by atoms with Crippen LogP contribution >= 0.6 is 0 Å². The molecule has 0 bridgehead atoms. The van der Waals surface area contributed by atoms with Gasteiger partial charge < -0.3 is 20.1 Å². The van der Waals surface area contributed by atoms with E-state index in [-0.39, 0.29) is 45.6 Å². The number of benzene rings is 3. The number of aromatic hydroxyl groups is 1. The number of anilines is 1. The molecular formula is C20H16NNaO7S. The minimum atomic E-state index is -4.65. The van der Waals surface area contributed by atoms with Gasteiger partial charge in [0, 0.05) is 17.7 Å². The van der Waals surface area contributed by atoms with Crippen molar-refractivity contribution in [3.8, 4) is 5.75 Å². The zero-order valence-electron chi connectivity index (χ0n) is 15.9. The molecule has 3 aromatic rings. The summed E-state index contributed by atoms with van der Waals surface area (Å²) in [7, 11) is -4.65. The van der Waals surface area contributed by atoms with Crippen LogP contribution in [0.15, 0.2) is 65.6 Å². The number of carbonyl (C=O) groups is 2. The maximum Gasteiger partial charge on any atom is 1.00 e. The summed E-state index contributed by atoms with van der Waals surface area (Å²) in [5.41, 5.74) is 0.780. The van der Waals surface area contributed by atoms with Crippen molar-refractivity contribution >= 4 is 38.3 Å². The van der Waals surface area contributed by atoms with E-state index < -0.39 is 34.3 Å². The van der Waals surface area contributed by atoms with Gasteiger partial charge >= 0.3 is 35.5 Å². The molecule has 0 saturated heterocycles. The topological polar surface area (TPSA) is 144 Å². The van der Waals surface area contributed by atoms with Crippen molar-refractivity contribution in [2.75, 3.05) is 5.32 Å². The maximum atomic E-state index is 11.8. The summed E-state index contributed by atoms with van der Waals surface area (Å²) in [6, 6.07) is 14.2. The number of carboxylic acids is 1. The number of hydrogen-bond acceptors (Lipinski definition) is 7. The normalized spacial score (nSPS) is 12.0. The molecule has 0 fully saturated rings. The number of fused-ring (bicyclic) bond motifs is 1. The summed E-state index contributed by atoms with van der Waals surface area (Å²) in [4.78, 5) is 22.4. The maximum absolute atomic E-state index is 11.8. The second kappa shape index (κ2) is 9.59. The Morgan fingerprint density at radius 1 is 1.03 bits per heavy atom. The first kappa shape index (κ1) is 23.8. The molecule has 8 nitrogen and oxygen atoms in total. The molecule has 0 aromatic heterocycles. The number of rotatable bonds is 7. The van der Waals surface area contributed by atoms with Crippen molar-refractivity contribution in [3.63, 3.8) is 0 Å². The predicted molar refractivity (Wildman–Crippen MR) is 104 cm³/mol. The first-order valence-electron chi connectivity index (χ1n) is 8.46. The summed E-state index contributed by atoms with van der Waals surface area (Å²) >= 11 is 0. The van der Waals surface area contributed by atoms with Gasteiger partial charge in [-0.25, -0.2) is 13.2 Å². The van der Waals surface area contributed by atoms with Crippen LogP contribution in [0.25, 0.3) is 10.8 Å². The van der Waals surface area contributed by atoms with Gasteiger partial charge in [-0.05, 0) is 35.0 Å². The third kappa shape index (κ3) is 5.38. The number of carboxylic acid groups (broad SMARTS) is 1. The third-order valence-electron chi connectivity index (χ3n) is 4.39. The van der Waals surface area contributed by atoms with Crippen LogP contribution in [-0.2, 0) is 19.7 Å². The second-order valence-corrected chi connectivity index (χ2v) is 7.68. The molecule has 0 radical (unpaired) electrons. The van der Waals surface area contributed by atoms with Crippen LogP contribution in [-0.4, -0.2) is 34.9 Å². The number of carbonyl (C=O) groups excluding carboxylic acids is 1. The van der Waals surface area contributed by atoms with E-state index in [0.29, 0.717) is 16.6 Å². The van der Waals surface area contributed by atoms with Crippen LogP contribution in [0.5, 0.6) is 5.75 Å². The van der Waals surface area contributed by atoms with Gasteiger partial charge in [0.15, 0.2) is 0 Å². The number of Topliss-reactive ketones (excluding diaryl/α,β-unsaturated/α-hetero) is 1. The number of hydrogen-bond donors (Lipinski definition) is 3. The quantitative estimate of drug-likeness (QED) is 0.259. The number of aliphatic carboxylic acids is 1. The Hall–Kier alpha value is -2.43. The molecule has 30 heavy (non-hydrogen) atoms. The molecule has 0 spiro atoms. The molecular weight excluding hydrogens is 421 g/mol. The number of phenolic OH excluding ortho intramolecular Hbond substituents is 1. The van der Waals surface area contributed by atoms with Crippen molar-refractivity contribution in [2.45, 2.75) is 17.4 Å². The summed E-state index contributed by atoms with van der Waals surface area (Å²) in [6.07, 6.45) is -0.417. The fraction of sp³-hybridized carbons (Fsp3) is 0.100. The summed E-state index contributed by atoms with van der Waals surface area (Å²) in [5.74, 6) is -2.73. The van der Waals surface area contributed by atoms with Gasteiger partial charge in [-0.2, -0.15) is 0 Å². The van der Waals surface area contributed by atoms with Crippen LogP contribution in [0.2, 0.25) is 0 Å². The Labute approximate surface area is 194 Å². The Balaban J connectivity index is 0.00000320. The van der Waals surface area contributed by atoms with E-state index in [0.717, 1.165) is 0 Å². The van der Waals surface area contributed by atoms with Gasteiger partial charge in [0.05, 0.1) is 10.9 Å². The molecule has 0 aliphatic heterocycles. The number of phenols is 1. The Bertz CT molecular complexity index is 1210. The van der Waals surface area contributed by atoms with Gasteiger partial charge in [-0.3, -0.25) is 4.79 Å². The predicted octanol–water partition coefficient (Wildman–Crippen LogP) is -0.350. The molecule has 150 valence electrons. The van der Waals surface area contributed by atoms with Crippen LogP contribution in [0.3, 0.4) is 0 Å². The molecule has 10 heteroatoms. The SMILES string of the molecule is O=C(O)C(=O)CC(Nc1ccc2c(S(=O)(=O)[O-])cccc2c1)c1ccccc1O.[Na+]. The van der Waals surface area contributed by atoms with Gasteiger partial charge in [-0.15, -0.1) is 0 Å². The zero-order valence-corrected chi connectivity index (χ0v) is 18.7. The van der Waals surface area contributed by atoms with Crippen LogP contribution in [0, 0.1) is 0 Å². The van der Waals surface area contributed by atoms with E-state index in [1.807, 2.05) is 0 Å². The Morgan fingerprint density at radius 2 is 1.73 bits per heavy atom. The second-order valence-electron chi connectivity index (χ2n) is 6.33. The van der Waals surface area contributed by atoms with E-state index in [2.05, 4.69) is 5.32 Å². The monoisotopic (exact) mass is 437 g/mol. The molecule has 3 aromatic carbocycles. The van der Waals surface area contributed by atoms with E-state index in [4.69, 9.17) is 5.11 Å². The fourth-order valence-electron chi connectivity index (χ4n) is 3.06.